The smallest absolute Gasteiger partial charge is 0.0995 e. The van der Waals surface area contributed by atoms with E-state index in [1.807, 2.05) is 43.8 Å². The first-order valence-corrected chi connectivity index (χ1v) is 21.2. The van der Waals surface area contributed by atoms with Gasteiger partial charge < -0.3 is 22.1 Å². The van der Waals surface area contributed by atoms with Crippen LogP contribution in [0.5, 0.6) is 0 Å². The van der Waals surface area contributed by atoms with Crippen LogP contribution in [0.3, 0.4) is 0 Å². The van der Waals surface area contributed by atoms with Crippen LogP contribution in [0.25, 0.3) is 10.4 Å². The molecule has 6 heterocycles. The lowest BCUT2D eigenvalue weighted by Gasteiger charge is -2.18. The molecule has 0 saturated carbocycles. The monoisotopic (exact) mass is 761 g/mol. The summed E-state index contributed by atoms with van der Waals surface area (Å²) < 4.78 is 0. The fourth-order valence-corrected chi connectivity index (χ4v) is 7.07. The van der Waals surface area contributed by atoms with Gasteiger partial charge in [-0.15, -0.1) is 22.7 Å². The number of nitrogens with zero attached hydrogens (tertiary/aromatic N) is 5. The average molecular weight is 762 g/mol. The van der Waals surface area contributed by atoms with Gasteiger partial charge in [0.25, 0.3) is 0 Å². The van der Waals surface area contributed by atoms with Crippen LogP contribution in [0.15, 0.2) is 82.1 Å². The van der Waals surface area contributed by atoms with Crippen LogP contribution in [-0.2, 0) is 19.3 Å². The maximum Gasteiger partial charge on any atom is 0.0995 e. The quantitative estimate of drug-likeness (QED) is 0.134. The van der Waals surface area contributed by atoms with Crippen molar-refractivity contribution in [3.05, 3.63) is 88.2 Å². The van der Waals surface area contributed by atoms with Crippen LogP contribution in [0, 0.1) is 17.3 Å². The molecule has 4 aromatic heterocycles. The van der Waals surface area contributed by atoms with Gasteiger partial charge in [0.15, 0.2) is 0 Å². The Morgan fingerprint density at radius 3 is 1.91 bits per heavy atom. The number of pyridine rings is 1. The second-order valence-corrected chi connectivity index (χ2v) is 16.1. The van der Waals surface area contributed by atoms with E-state index in [0.717, 1.165) is 57.0 Å². The molecule has 0 bridgehead atoms. The molecule has 53 heavy (non-hydrogen) atoms. The normalized spacial score (nSPS) is 15.0. The van der Waals surface area contributed by atoms with Gasteiger partial charge >= 0.3 is 0 Å². The Morgan fingerprint density at radius 1 is 0.755 bits per heavy atom. The summed E-state index contributed by atoms with van der Waals surface area (Å²) in [5.41, 5.74) is 13.7. The van der Waals surface area contributed by atoms with E-state index in [1.165, 1.54) is 52.4 Å². The predicted octanol–water partition coefficient (Wildman–Crippen LogP) is 8.47. The van der Waals surface area contributed by atoms with Gasteiger partial charge in [-0.1, -0.05) is 60.6 Å². The van der Waals surface area contributed by atoms with Gasteiger partial charge in [0.2, 0.25) is 0 Å². The minimum absolute atomic E-state index is 0.315. The number of nitrogens with two attached hydrogens (primary N) is 2. The van der Waals surface area contributed by atoms with Gasteiger partial charge in [-0.2, -0.15) is 0 Å². The topological polar surface area (TPSA) is 139 Å². The van der Waals surface area contributed by atoms with Crippen molar-refractivity contribution in [3.8, 4) is 10.4 Å². The highest BCUT2D eigenvalue weighted by Gasteiger charge is 2.15. The minimum Gasteiger partial charge on any atom is -0.374 e. The third-order valence-corrected chi connectivity index (χ3v) is 9.82. The number of aliphatic imine (C=N–C) groups is 2. The molecule has 0 fully saturated rings. The molecule has 2 atom stereocenters. The first-order chi connectivity index (χ1) is 25.7. The van der Waals surface area contributed by atoms with Crippen molar-refractivity contribution in [1.82, 2.24) is 25.6 Å². The molecule has 2 unspecified atom stereocenters. The number of aromatic nitrogens is 3. The Bertz CT molecular complexity index is 1510. The van der Waals surface area contributed by atoms with Crippen LogP contribution in [0.1, 0.15) is 90.3 Å². The number of hydrogen-bond acceptors (Lipinski definition) is 11. The number of rotatable bonds is 9. The van der Waals surface area contributed by atoms with Crippen molar-refractivity contribution < 1.29 is 0 Å². The first-order valence-electron chi connectivity index (χ1n) is 19.4. The number of hydrogen-bond donors (Lipinski definition) is 4. The lowest BCUT2D eigenvalue weighted by molar-refractivity contribution is 0.411. The van der Waals surface area contributed by atoms with E-state index in [9.17, 15) is 0 Å². The third-order valence-electron chi connectivity index (χ3n) is 8.00. The molecule has 0 spiro atoms. The zero-order chi connectivity index (χ0) is 38.7. The summed E-state index contributed by atoms with van der Waals surface area (Å²) in [6, 6.07) is 10.8. The van der Waals surface area contributed by atoms with Crippen molar-refractivity contribution in [1.29, 1.82) is 0 Å². The van der Waals surface area contributed by atoms with Gasteiger partial charge in [-0.3, -0.25) is 24.9 Å². The summed E-state index contributed by atoms with van der Waals surface area (Å²) in [5.74, 6) is 3.26. The average Bonchev–Trinajstić information content (AvgIpc) is 3.74. The van der Waals surface area contributed by atoms with Crippen molar-refractivity contribution in [2.24, 2.45) is 38.7 Å². The van der Waals surface area contributed by atoms with Crippen molar-refractivity contribution in [2.45, 2.75) is 93.4 Å². The summed E-state index contributed by atoms with van der Waals surface area (Å²) >= 11 is 3.60. The Kier molecular flexibility index (Phi) is 23.4. The van der Waals surface area contributed by atoms with Gasteiger partial charge in [0.05, 0.1) is 17.4 Å². The molecule has 0 saturated heterocycles. The highest BCUT2D eigenvalue weighted by Crippen LogP contribution is 2.27. The highest BCUT2D eigenvalue weighted by molar-refractivity contribution is 7.13. The molecular weight excluding hydrogens is 695 g/mol. The van der Waals surface area contributed by atoms with Crippen LogP contribution in [0.4, 0.5) is 0 Å². The van der Waals surface area contributed by atoms with Crippen LogP contribution < -0.4 is 22.1 Å². The second kappa shape index (κ2) is 27.1. The molecule has 0 aliphatic carbocycles. The lowest BCUT2D eigenvalue weighted by Crippen LogP contribution is -2.30. The highest BCUT2D eigenvalue weighted by atomic mass is 32.1. The standard InChI is InChI=1S/C14H17NS.C12H18N4.C12H18N2S.C2H8N2.C2H6/c1-14(2,3)8-11-7-12(10-15-9-11)13-5-4-6-16-13;1-10(8-11-9-13-6-7-14-11)12-15-4-2-3-5-16-12;1-10(9-11-5-4-8-15-11)12-13-6-2-3-7-14-12;3-1-2-4;1-2/h4-7,9-10H,8H2,1-3H3;6-7,9-10H,2-5,8H2,1H3,(H,15,16);4-5,8,10H,2-3,6-7,9H2,1H3,(H,13,14);1-4H2;1-2H3. The summed E-state index contributed by atoms with van der Waals surface area (Å²) in [7, 11) is 0. The molecular formula is C42H67N9S2. The van der Waals surface area contributed by atoms with E-state index in [1.54, 1.807) is 23.7 Å². The Balaban J connectivity index is 0.000000256. The first kappa shape index (κ1) is 45.6. The molecule has 2 aliphatic rings. The number of thiophene rings is 2. The Labute approximate surface area is 328 Å². The van der Waals surface area contributed by atoms with Crippen molar-refractivity contribution >= 4 is 34.3 Å². The molecule has 0 amide bonds. The molecule has 6 rings (SSSR count). The molecule has 292 valence electrons. The van der Waals surface area contributed by atoms with E-state index in [0.29, 0.717) is 30.3 Å². The van der Waals surface area contributed by atoms with Crippen LogP contribution >= 0.6 is 22.7 Å². The van der Waals surface area contributed by atoms with E-state index >= 15 is 0 Å². The van der Waals surface area contributed by atoms with Gasteiger partial charge in [0, 0.05) is 104 Å². The van der Waals surface area contributed by atoms with Gasteiger partial charge in [0.1, 0.15) is 0 Å². The number of nitrogens with one attached hydrogen (secondary N) is 2. The molecule has 6 N–H and O–H groups in total. The predicted molar refractivity (Wildman–Crippen MR) is 231 cm³/mol. The van der Waals surface area contributed by atoms with Crippen molar-refractivity contribution in [2.75, 3.05) is 39.3 Å². The van der Waals surface area contributed by atoms with Crippen LogP contribution in [0.2, 0.25) is 0 Å². The Morgan fingerprint density at radius 2 is 1.38 bits per heavy atom. The fourth-order valence-electron chi connectivity index (χ4n) is 5.52. The zero-order valence-electron chi connectivity index (χ0n) is 33.5. The molecule has 4 aromatic rings. The summed E-state index contributed by atoms with van der Waals surface area (Å²) in [4.78, 5) is 24.6. The molecule has 0 aromatic carbocycles. The molecule has 2 aliphatic heterocycles. The fraction of sp³-hybridized carbons (Fsp3) is 0.548. The summed E-state index contributed by atoms with van der Waals surface area (Å²) in [6.45, 7) is 20.5. The summed E-state index contributed by atoms with van der Waals surface area (Å²) in [5, 5.41) is 11.1. The van der Waals surface area contributed by atoms with E-state index in [2.05, 4.69) is 111 Å². The van der Waals surface area contributed by atoms with Crippen LogP contribution in [-0.4, -0.2) is 65.9 Å². The van der Waals surface area contributed by atoms with E-state index in [-0.39, 0.29) is 0 Å². The molecule has 9 nitrogen and oxygen atoms in total. The van der Waals surface area contributed by atoms with Crippen molar-refractivity contribution in [3.63, 3.8) is 0 Å². The second-order valence-electron chi connectivity index (χ2n) is 14.2. The van der Waals surface area contributed by atoms with E-state index < -0.39 is 0 Å². The zero-order valence-corrected chi connectivity index (χ0v) is 35.1. The minimum atomic E-state index is 0.315. The van der Waals surface area contributed by atoms with Gasteiger partial charge in [-0.05, 0) is 78.5 Å². The maximum absolute atomic E-state index is 4.90. The largest absolute Gasteiger partial charge is 0.374 e. The molecule has 0 radical (unpaired) electrons. The lowest BCUT2D eigenvalue weighted by atomic mass is 9.88. The van der Waals surface area contributed by atoms with Gasteiger partial charge in [-0.25, -0.2) is 0 Å². The van der Waals surface area contributed by atoms with E-state index in [4.69, 9.17) is 11.5 Å². The SMILES string of the molecule is CC.CC(C)(C)Cc1cncc(-c2cccs2)c1.CC(Cc1cccs1)C1=NCCCCN1.CC(Cc1cnccn1)C1=NCCCCN1.NCCN. The Hall–Kier alpha value is -3.51. The molecule has 11 heteroatoms. The summed E-state index contributed by atoms with van der Waals surface area (Å²) in [6.07, 6.45) is 17.1. The maximum atomic E-state index is 4.90. The third kappa shape index (κ3) is 19.9. The number of amidine groups is 2.